The number of anilines is 1. The molecule has 1 aromatic heterocycles. The first-order chi connectivity index (χ1) is 9.16. The number of aryl methyl sites for hydroxylation is 1. The fraction of sp³-hybridized carbons (Fsp3) is 0.471. The first kappa shape index (κ1) is 14.9. The van der Waals surface area contributed by atoms with Gasteiger partial charge in [0, 0.05) is 29.9 Å². The van der Waals surface area contributed by atoms with E-state index in [0.29, 0.717) is 0 Å². The smallest absolute Gasteiger partial charge is 0.135 e. The summed E-state index contributed by atoms with van der Waals surface area (Å²) in [6.07, 6.45) is 6.28. The summed E-state index contributed by atoms with van der Waals surface area (Å²) in [7, 11) is -1.33. The quantitative estimate of drug-likeness (QED) is 0.573. The van der Waals surface area contributed by atoms with Gasteiger partial charge in [-0.1, -0.05) is 45.5 Å². The van der Waals surface area contributed by atoms with Crippen LogP contribution in [0.5, 0.6) is 0 Å². The van der Waals surface area contributed by atoms with Gasteiger partial charge in [0.05, 0.1) is 0 Å². The van der Waals surface area contributed by atoms with Crippen LogP contribution in [-0.2, 0) is 0 Å². The van der Waals surface area contributed by atoms with Gasteiger partial charge >= 0.3 is 0 Å². The van der Waals surface area contributed by atoms with Crippen LogP contribution in [0.3, 0.4) is 0 Å². The van der Waals surface area contributed by atoms with Crippen LogP contribution in [0.1, 0.15) is 25.0 Å². The summed E-state index contributed by atoms with van der Waals surface area (Å²) < 4.78 is 0. The summed E-state index contributed by atoms with van der Waals surface area (Å²) in [5.74, 6) is 4.32. The van der Waals surface area contributed by atoms with Crippen molar-refractivity contribution in [2.75, 3.05) is 11.4 Å². The normalized spacial score (nSPS) is 17.0. The van der Waals surface area contributed by atoms with Gasteiger partial charge in [-0.05, 0) is 18.6 Å². The van der Waals surface area contributed by atoms with Gasteiger partial charge < -0.3 is 4.90 Å². The number of hydrogen-bond acceptors (Lipinski definition) is 2. The third-order valence-corrected chi connectivity index (χ3v) is 4.06. The fourth-order valence-corrected chi connectivity index (χ4v) is 2.70. The zero-order chi connectivity index (χ0) is 15.0. The molecule has 0 radical (unpaired) electrons. The highest BCUT2D eigenvalue weighted by Gasteiger charge is 2.25. The molecule has 1 aromatic rings. The zero-order valence-corrected chi connectivity index (χ0v) is 14.4. The van der Waals surface area contributed by atoms with Crippen molar-refractivity contribution in [2.24, 2.45) is 5.41 Å². The Morgan fingerprint density at radius 1 is 1.30 bits per heavy atom. The van der Waals surface area contributed by atoms with Crippen LogP contribution in [0.25, 0.3) is 0 Å². The Morgan fingerprint density at radius 2 is 2.00 bits per heavy atom. The van der Waals surface area contributed by atoms with E-state index in [-0.39, 0.29) is 5.41 Å². The summed E-state index contributed by atoms with van der Waals surface area (Å²) in [4.78, 5) is 6.84. The molecule has 1 aliphatic rings. The largest absolute Gasteiger partial charge is 0.332 e. The maximum absolute atomic E-state index is 4.61. The number of pyridine rings is 1. The lowest BCUT2D eigenvalue weighted by atomic mass is 9.96. The standard InChI is InChI=1S/C17H24N2Si/c1-14-11-15(7-10-20(4,5)6)12-18-16(14)19-9-8-17(2,3)13-19/h8-9,11-12H,13H2,1-6H3. The molecule has 0 N–H and O–H groups in total. The van der Waals surface area contributed by atoms with E-state index in [9.17, 15) is 0 Å². The molecule has 0 spiro atoms. The zero-order valence-electron chi connectivity index (χ0n) is 13.4. The summed E-state index contributed by atoms with van der Waals surface area (Å²) in [6, 6.07) is 2.15. The van der Waals surface area contributed by atoms with Crippen molar-refractivity contribution in [3.8, 4) is 11.5 Å². The Morgan fingerprint density at radius 3 is 2.50 bits per heavy atom. The van der Waals surface area contributed by atoms with E-state index in [4.69, 9.17) is 0 Å². The Kier molecular flexibility index (Phi) is 3.79. The molecule has 0 saturated heterocycles. The van der Waals surface area contributed by atoms with Gasteiger partial charge in [0.2, 0.25) is 0 Å². The molecule has 0 atom stereocenters. The van der Waals surface area contributed by atoms with E-state index in [1.54, 1.807) is 0 Å². The third-order valence-electron chi connectivity index (χ3n) is 3.19. The highest BCUT2D eigenvalue weighted by Crippen LogP contribution is 2.30. The predicted octanol–water partition coefficient (Wildman–Crippen LogP) is 3.98. The molecular formula is C17H24N2Si. The summed E-state index contributed by atoms with van der Waals surface area (Å²) in [5, 5.41) is 0. The number of nitrogens with zero attached hydrogens (tertiary/aromatic N) is 2. The molecule has 2 heterocycles. The summed E-state index contributed by atoms with van der Waals surface area (Å²) in [6.45, 7) is 14.4. The molecule has 1 aliphatic heterocycles. The Hall–Kier alpha value is -1.53. The molecule has 0 unspecified atom stereocenters. The minimum atomic E-state index is -1.33. The molecule has 0 aliphatic carbocycles. The van der Waals surface area contributed by atoms with Gasteiger partial charge in [-0.3, -0.25) is 0 Å². The van der Waals surface area contributed by atoms with Crippen molar-refractivity contribution in [1.29, 1.82) is 0 Å². The lowest BCUT2D eigenvalue weighted by molar-refractivity contribution is 0.515. The number of rotatable bonds is 1. The van der Waals surface area contributed by atoms with Gasteiger partial charge in [0.15, 0.2) is 0 Å². The number of aromatic nitrogens is 1. The van der Waals surface area contributed by atoms with E-state index in [2.05, 4.69) is 80.1 Å². The van der Waals surface area contributed by atoms with Crippen LogP contribution in [0.15, 0.2) is 24.5 Å². The monoisotopic (exact) mass is 284 g/mol. The van der Waals surface area contributed by atoms with Crippen LogP contribution in [0.4, 0.5) is 5.82 Å². The molecular weight excluding hydrogens is 260 g/mol. The van der Waals surface area contributed by atoms with Gasteiger partial charge in [-0.2, -0.15) is 0 Å². The molecule has 0 bridgehead atoms. The van der Waals surface area contributed by atoms with Crippen LogP contribution in [0, 0.1) is 23.8 Å². The average molecular weight is 284 g/mol. The molecule has 3 heteroatoms. The van der Waals surface area contributed by atoms with E-state index in [1.807, 2.05) is 6.20 Å². The summed E-state index contributed by atoms with van der Waals surface area (Å²) >= 11 is 0. The van der Waals surface area contributed by atoms with Crippen molar-refractivity contribution in [3.63, 3.8) is 0 Å². The predicted molar refractivity (Wildman–Crippen MR) is 89.5 cm³/mol. The second-order valence-corrected chi connectivity index (χ2v) is 12.0. The van der Waals surface area contributed by atoms with Gasteiger partial charge in [-0.25, -0.2) is 4.98 Å². The van der Waals surface area contributed by atoms with Crippen LogP contribution >= 0.6 is 0 Å². The van der Waals surface area contributed by atoms with Gasteiger partial charge in [-0.15, -0.1) is 5.54 Å². The summed E-state index contributed by atoms with van der Waals surface area (Å²) in [5.41, 5.74) is 5.83. The highest BCUT2D eigenvalue weighted by molar-refractivity contribution is 6.83. The van der Waals surface area contributed by atoms with E-state index in [0.717, 1.165) is 17.9 Å². The van der Waals surface area contributed by atoms with Crippen molar-refractivity contribution in [2.45, 2.75) is 40.4 Å². The Labute approximate surface area is 123 Å². The SMILES string of the molecule is Cc1cc(C#C[Si](C)(C)C)cnc1N1C=CC(C)(C)C1. The molecule has 0 saturated carbocycles. The molecule has 20 heavy (non-hydrogen) atoms. The first-order valence-corrected chi connectivity index (χ1v) is 10.6. The van der Waals surface area contributed by atoms with Crippen LogP contribution in [-0.4, -0.2) is 19.6 Å². The maximum atomic E-state index is 4.61. The minimum Gasteiger partial charge on any atom is -0.332 e. The van der Waals surface area contributed by atoms with E-state index in [1.165, 1.54) is 5.56 Å². The average Bonchev–Trinajstić information content (AvgIpc) is 2.66. The van der Waals surface area contributed by atoms with E-state index >= 15 is 0 Å². The van der Waals surface area contributed by atoms with Gasteiger partial charge in [0.1, 0.15) is 13.9 Å². The van der Waals surface area contributed by atoms with Crippen LogP contribution in [0.2, 0.25) is 19.6 Å². The molecule has 0 fully saturated rings. The Balaban J connectivity index is 2.23. The lowest BCUT2D eigenvalue weighted by Gasteiger charge is -2.22. The van der Waals surface area contributed by atoms with E-state index < -0.39 is 8.07 Å². The third kappa shape index (κ3) is 3.74. The fourth-order valence-electron chi connectivity index (χ4n) is 2.18. The topological polar surface area (TPSA) is 16.1 Å². The van der Waals surface area contributed by atoms with Crippen LogP contribution < -0.4 is 4.90 Å². The first-order valence-electron chi connectivity index (χ1n) is 7.12. The molecule has 0 aromatic carbocycles. The van der Waals surface area contributed by atoms with Gasteiger partial charge in [0.25, 0.3) is 0 Å². The molecule has 2 nitrogen and oxygen atoms in total. The second kappa shape index (κ2) is 5.10. The maximum Gasteiger partial charge on any atom is 0.135 e. The molecule has 2 rings (SSSR count). The van der Waals surface area contributed by atoms with Crippen molar-refractivity contribution in [3.05, 3.63) is 35.7 Å². The molecule has 106 valence electrons. The lowest BCUT2D eigenvalue weighted by Crippen LogP contribution is -2.23. The van der Waals surface area contributed by atoms with Crippen molar-refractivity contribution < 1.29 is 0 Å². The minimum absolute atomic E-state index is 0.227. The van der Waals surface area contributed by atoms with Crippen molar-refractivity contribution >= 4 is 13.9 Å². The highest BCUT2D eigenvalue weighted by atomic mass is 28.3. The second-order valence-electron chi connectivity index (χ2n) is 7.30. The molecule has 0 amide bonds. The van der Waals surface area contributed by atoms with Crippen molar-refractivity contribution in [1.82, 2.24) is 4.98 Å². The Bertz CT molecular complexity index is 598. The number of hydrogen-bond donors (Lipinski definition) is 0.